The predicted octanol–water partition coefficient (Wildman–Crippen LogP) is 2.26. The summed E-state index contributed by atoms with van der Waals surface area (Å²) >= 11 is 0. The number of hydrogen-bond donors (Lipinski definition) is 0. The highest BCUT2D eigenvalue weighted by molar-refractivity contribution is 5.85. The van der Waals surface area contributed by atoms with E-state index in [1.54, 1.807) is 32.2 Å². The number of benzene rings is 1. The monoisotopic (exact) mass is 297 g/mol. The number of esters is 1. The molecule has 0 amide bonds. The Labute approximate surface area is 119 Å². The molecular formula is C13H13F2N3O3. The van der Waals surface area contributed by atoms with Crippen molar-refractivity contribution in [3.05, 3.63) is 30.1 Å². The minimum Gasteiger partial charge on any atom is -0.460 e. The number of halogens is 2. The third-order valence-electron chi connectivity index (χ3n) is 2.57. The second kappa shape index (κ2) is 6.29. The van der Waals surface area contributed by atoms with Crippen LogP contribution >= 0.6 is 0 Å². The van der Waals surface area contributed by atoms with Gasteiger partial charge in [0.1, 0.15) is 5.75 Å². The molecule has 0 aliphatic carbocycles. The lowest BCUT2D eigenvalue weighted by Gasteiger charge is -2.09. The van der Waals surface area contributed by atoms with Gasteiger partial charge in [-0.05, 0) is 19.1 Å². The maximum Gasteiger partial charge on any atom is 0.387 e. The fourth-order valence-corrected chi connectivity index (χ4v) is 1.75. The molecule has 6 nitrogen and oxygen atoms in total. The van der Waals surface area contributed by atoms with Crippen LogP contribution < -0.4 is 4.74 Å². The van der Waals surface area contributed by atoms with Crippen molar-refractivity contribution in [2.45, 2.75) is 13.5 Å². The summed E-state index contributed by atoms with van der Waals surface area (Å²) in [5.74, 6) is -0.625. The van der Waals surface area contributed by atoms with Gasteiger partial charge in [-0.1, -0.05) is 12.1 Å². The Balaban J connectivity index is 2.41. The van der Waals surface area contributed by atoms with E-state index in [-0.39, 0.29) is 24.0 Å². The van der Waals surface area contributed by atoms with Crippen LogP contribution in [0.1, 0.15) is 17.5 Å². The zero-order chi connectivity index (χ0) is 15.4. The van der Waals surface area contributed by atoms with Gasteiger partial charge in [-0.3, -0.25) is 0 Å². The number of aromatic nitrogens is 3. The van der Waals surface area contributed by atoms with Crippen molar-refractivity contribution in [2.75, 3.05) is 6.61 Å². The summed E-state index contributed by atoms with van der Waals surface area (Å²) < 4.78 is 35.4. The van der Waals surface area contributed by atoms with E-state index in [2.05, 4.69) is 14.8 Å². The molecule has 0 spiro atoms. The Morgan fingerprint density at radius 2 is 2.10 bits per heavy atom. The molecular weight excluding hydrogens is 284 g/mol. The van der Waals surface area contributed by atoms with Crippen molar-refractivity contribution in [3.63, 3.8) is 0 Å². The average molecular weight is 297 g/mol. The number of ether oxygens (including phenoxy) is 2. The summed E-state index contributed by atoms with van der Waals surface area (Å²) in [5.41, 5.74) is 0.309. The summed E-state index contributed by atoms with van der Waals surface area (Å²) in [7, 11) is 1.55. The highest BCUT2D eigenvalue weighted by Crippen LogP contribution is 2.29. The molecule has 1 heterocycles. The van der Waals surface area contributed by atoms with E-state index < -0.39 is 12.6 Å². The quantitative estimate of drug-likeness (QED) is 0.792. The molecule has 0 unspecified atom stereocenters. The van der Waals surface area contributed by atoms with Crippen LogP contribution in [0, 0.1) is 0 Å². The molecule has 8 heteroatoms. The van der Waals surface area contributed by atoms with Gasteiger partial charge in [0.15, 0.2) is 5.82 Å². The Bertz CT molecular complexity index is 643. The van der Waals surface area contributed by atoms with Crippen molar-refractivity contribution in [1.29, 1.82) is 0 Å². The van der Waals surface area contributed by atoms with Crippen LogP contribution in [-0.2, 0) is 11.8 Å². The highest BCUT2D eigenvalue weighted by Gasteiger charge is 2.20. The van der Waals surface area contributed by atoms with Gasteiger partial charge in [0, 0.05) is 7.05 Å². The Hall–Kier alpha value is -2.51. The molecule has 0 aliphatic rings. The molecule has 21 heavy (non-hydrogen) atoms. The van der Waals surface area contributed by atoms with Crippen LogP contribution in [0.25, 0.3) is 11.4 Å². The van der Waals surface area contributed by atoms with E-state index in [1.807, 2.05) is 0 Å². The Morgan fingerprint density at radius 1 is 1.38 bits per heavy atom. The molecule has 0 radical (unpaired) electrons. The number of hydrogen-bond acceptors (Lipinski definition) is 5. The van der Waals surface area contributed by atoms with Crippen LogP contribution in [-0.4, -0.2) is 34.0 Å². The summed E-state index contributed by atoms with van der Waals surface area (Å²) in [4.78, 5) is 15.6. The van der Waals surface area contributed by atoms with Gasteiger partial charge < -0.3 is 9.47 Å². The van der Waals surface area contributed by atoms with Crippen molar-refractivity contribution >= 4 is 5.97 Å². The van der Waals surface area contributed by atoms with E-state index in [9.17, 15) is 13.6 Å². The first-order valence-corrected chi connectivity index (χ1v) is 6.15. The minimum atomic E-state index is -2.95. The smallest absolute Gasteiger partial charge is 0.387 e. The topological polar surface area (TPSA) is 66.2 Å². The number of rotatable bonds is 5. The van der Waals surface area contributed by atoms with Gasteiger partial charge in [-0.15, -0.1) is 5.10 Å². The molecule has 0 saturated carbocycles. The van der Waals surface area contributed by atoms with Gasteiger partial charge in [-0.2, -0.15) is 8.78 Å². The molecule has 112 valence electrons. The normalized spacial score (nSPS) is 10.7. The Morgan fingerprint density at radius 3 is 2.76 bits per heavy atom. The van der Waals surface area contributed by atoms with Crippen LogP contribution in [0.5, 0.6) is 5.75 Å². The van der Waals surface area contributed by atoms with Gasteiger partial charge in [-0.25, -0.2) is 14.5 Å². The predicted molar refractivity (Wildman–Crippen MR) is 69.0 cm³/mol. The zero-order valence-electron chi connectivity index (χ0n) is 11.4. The molecule has 2 aromatic rings. The summed E-state index contributed by atoms with van der Waals surface area (Å²) in [6, 6.07) is 6.15. The largest absolute Gasteiger partial charge is 0.460 e. The second-order valence-corrected chi connectivity index (χ2v) is 3.98. The van der Waals surface area contributed by atoms with Crippen LogP contribution in [0.15, 0.2) is 24.3 Å². The number of carbonyl (C=O) groups is 1. The van der Waals surface area contributed by atoms with Crippen LogP contribution in [0.2, 0.25) is 0 Å². The van der Waals surface area contributed by atoms with Gasteiger partial charge >= 0.3 is 12.6 Å². The third-order valence-corrected chi connectivity index (χ3v) is 2.57. The standard InChI is InChI=1S/C13H13F2N3O3/c1-3-20-12(19)10-16-11(18(2)17-10)8-6-4-5-7-9(8)21-13(14)15/h4-7,13H,3H2,1-2H3. The maximum absolute atomic E-state index is 12.4. The van der Waals surface area contributed by atoms with Gasteiger partial charge in [0.25, 0.3) is 5.82 Å². The Kier molecular flexibility index (Phi) is 4.46. The molecule has 0 fully saturated rings. The van der Waals surface area contributed by atoms with Crippen molar-refractivity contribution in [3.8, 4) is 17.1 Å². The second-order valence-electron chi connectivity index (χ2n) is 3.98. The lowest BCUT2D eigenvalue weighted by Crippen LogP contribution is -2.07. The molecule has 0 saturated heterocycles. The molecule has 0 atom stereocenters. The number of para-hydroxylation sites is 1. The first kappa shape index (κ1) is 14.9. The number of alkyl halides is 2. The zero-order valence-corrected chi connectivity index (χ0v) is 11.4. The number of carbonyl (C=O) groups excluding carboxylic acids is 1. The van der Waals surface area contributed by atoms with Gasteiger partial charge in [0.2, 0.25) is 0 Å². The van der Waals surface area contributed by atoms with E-state index in [4.69, 9.17) is 4.74 Å². The molecule has 0 bridgehead atoms. The number of aryl methyl sites for hydroxylation is 1. The SMILES string of the molecule is CCOC(=O)c1nc(-c2ccccc2OC(F)F)n(C)n1. The van der Waals surface area contributed by atoms with E-state index in [0.717, 1.165) is 0 Å². The molecule has 1 aromatic heterocycles. The van der Waals surface area contributed by atoms with Crippen LogP contribution in [0.3, 0.4) is 0 Å². The summed E-state index contributed by atoms with van der Waals surface area (Å²) in [5, 5.41) is 3.91. The van der Waals surface area contributed by atoms with E-state index >= 15 is 0 Å². The lowest BCUT2D eigenvalue weighted by molar-refractivity contribution is -0.0494. The number of nitrogens with zero attached hydrogens (tertiary/aromatic N) is 3. The first-order chi connectivity index (χ1) is 10.0. The van der Waals surface area contributed by atoms with E-state index in [0.29, 0.717) is 5.56 Å². The minimum absolute atomic E-state index is 0.0431. The fourth-order valence-electron chi connectivity index (χ4n) is 1.75. The van der Waals surface area contributed by atoms with Crippen molar-refractivity contribution in [1.82, 2.24) is 14.8 Å². The van der Waals surface area contributed by atoms with Crippen molar-refractivity contribution in [2.24, 2.45) is 7.05 Å². The van der Waals surface area contributed by atoms with E-state index in [1.165, 1.54) is 10.7 Å². The molecule has 0 aliphatic heterocycles. The fraction of sp³-hybridized carbons (Fsp3) is 0.308. The molecule has 0 N–H and O–H groups in total. The summed E-state index contributed by atoms with van der Waals surface area (Å²) in [6.45, 7) is -1.10. The van der Waals surface area contributed by atoms with Crippen molar-refractivity contribution < 1.29 is 23.0 Å². The van der Waals surface area contributed by atoms with Gasteiger partial charge in [0.05, 0.1) is 12.2 Å². The maximum atomic E-state index is 12.4. The van der Waals surface area contributed by atoms with Crippen LogP contribution in [0.4, 0.5) is 8.78 Å². The molecule has 1 aromatic carbocycles. The highest BCUT2D eigenvalue weighted by atomic mass is 19.3. The molecule has 2 rings (SSSR count). The third kappa shape index (κ3) is 3.33. The summed E-state index contributed by atoms with van der Waals surface area (Å²) in [6.07, 6.45) is 0. The average Bonchev–Trinajstić information content (AvgIpc) is 2.81. The first-order valence-electron chi connectivity index (χ1n) is 6.15. The lowest BCUT2D eigenvalue weighted by atomic mass is 10.2.